The Bertz CT molecular complexity index is 208. The molecule has 17 heavy (non-hydrogen) atoms. The van der Waals surface area contributed by atoms with Gasteiger partial charge in [0.2, 0.25) is 0 Å². The molecule has 3 heteroatoms. The standard InChI is InChI=1S/C14H31N3/c1-6-15-8-7-9-16-12-10-13(2,3)17-14(4,5)11-12/h12,15-17H,6-11H2,1-5H3. The smallest absolute Gasteiger partial charge is 0.0144 e. The lowest BCUT2D eigenvalue weighted by Gasteiger charge is -2.46. The van der Waals surface area contributed by atoms with Crippen LogP contribution in [0.3, 0.4) is 0 Å². The van der Waals surface area contributed by atoms with Gasteiger partial charge in [0.1, 0.15) is 0 Å². The number of piperidine rings is 1. The first-order valence-electron chi connectivity index (χ1n) is 7.08. The van der Waals surface area contributed by atoms with Gasteiger partial charge < -0.3 is 16.0 Å². The molecule has 0 atom stereocenters. The third kappa shape index (κ3) is 5.84. The summed E-state index contributed by atoms with van der Waals surface area (Å²) < 4.78 is 0. The topological polar surface area (TPSA) is 36.1 Å². The fourth-order valence-electron chi connectivity index (χ4n) is 3.16. The lowest BCUT2D eigenvalue weighted by atomic mass is 9.79. The molecule has 1 aliphatic rings. The van der Waals surface area contributed by atoms with Crippen molar-refractivity contribution in [3.63, 3.8) is 0 Å². The molecule has 1 heterocycles. The van der Waals surface area contributed by atoms with Crippen molar-refractivity contribution in [2.45, 2.75) is 71.0 Å². The van der Waals surface area contributed by atoms with Crippen LogP contribution in [0.15, 0.2) is 0 Å². The maximum absolute atomic E-state index is 3.72. The molecule has 0 aromatic rings. The predicted octanol–water partition coefficient (Wildman–Crippen LogP) is 1.88. The predicted molar refractivity (Wildman–Crippen MR) is 75.5 cm³/mol. The summed E-state index contributed by atoms with van der Waals surface area (Å²) in [5.74, 6) is 0. The SMILES string of the molecule is CCNCCCNC1CC(C)(C)NC(C)(C)C1. The molecule has 1 fully saturated rings. The van der Waals surface area contributed by atoms with Gasteiger partial charge in [-0.05, 0) is 66.6 Å². The molecule has 3 N–H and O–H groups in total. The lowest BCUT2D eigenvalue weighted by molar-refractivity contribution is 0.146. The zero-order chi connectivity index (χ0) is 12.9. The molecule has 0 amide bonds. The van der Waals surface area contributed by atoms with Gasteiger partial charge in [0, 0.05) is 17.1 Å². The molecule has 0 bridgehead atoms. The van der Waals surface area contributed by atoms with E-state index < -0.39 is 0 Å². The highest BCUT2D eigenvalue weighted by atomic mass is 15.1. The average Bonchev–Trinajstić information content (AvgIpc) is 2.12. The zero-order valence-electron chi connectivity index (χ0n) is 12.3. The Morgan fingerprint density at radius 2 is 1.65 bits per heavy atom. The Morgan fingerprint density at radius 3 is 2.18 bits per heavy atom. The van der Waals surface area contributed by atoms with Crippen LogP contribution in [-0.4, -0.2) is 36.8 Å². The highest BCUT2D eigenvalue weighted by Crippen LogP contribution is 2.28. The maximum Gasteiger partial charge on any atom is 0.0144 e. The van der Waals surface area contributed by atoms with Gasteiger partial charge in [-0.25, -0.2) is 0 Å². The van der Waals surface area contributed by atoms with E-state index in [1.807, 2.05) is 0 Å². The van der Waals surface area contributed by atoms with Gasteiger partial charge in [-0.15, -0.1) is 0 Å². The second-order valence-electron chi connectivity index (χ2n) is 6.66. The first-order chi connectivity index (χ1) is 7.85. The summed E-state index contributed by atoms with van der Waals surface area (Å²) in [5.41, 5.74) is 0.502. The largest absolute Gasteiger partial charge is 0.317 e. The quantitative estimate of drug-likeness (QED) is 0.622. The second kappa shape index (κ2) is 6.17. The average molecular weight is 241 g/mol. The van der Waals surface area contributed by atoms with Crippen molar-refractivity contribution < 1.29 is 0 Å². The minimum atomic E-state index is 0.251. The molecule has 0 radical (unpaired) electrons. The third-order valence-electron chi connectivity index (χ3n) is 3.40. The van der Waals surface area contributed by atoms with E-state index in [1.165, 1.54) is 19.3 Å². The highest BCUT2D eigenvalue weighted by molar-refractivity contribution is 4.99. The van der Waals surface area contributed by atoms with Gasteiger partial charge in [0.15, 0.2) is 0 Å². The van der Waals surface area contributed by atoms with Gasteiger partial charge in [0.25, 0.3) is 0 Å². The molecule has 0 aromatic heterocycles. The Balaban J connectivity index is 2.28. The van der Waals surface area contributed by atoms with Crippen molar-refractivity contribution in [1.82, 2.24) is 16.0 Å². The van der Waals surface area contributed by atoms with Crippen molar-refractivity contribution in [2.75, 3.05) is 19.6 Å². The van der Waals surface area contributed by atoms with Gasteiger partial charge in [-0.3, -0.25) is 0 Å². The molecule has 102 valence electrons. The fourth-order valence-corrected chi connectivity index (χ4v) is 3.16. The van der Waals surface area contributed by atoms with Crippen LogP contribution in [-0.2, 0) is 0 Å². The minimum absolute atomic E-state index is 0.251. The first-order valence-corrected chi connectivity index (χ1v) is 7.08. The molecule has 0 aliphatic carbocycles. The van der Waals surface area contributed by atoms with E-state index >= 15 is 0 Å². The van der Waals surface area contributed by atoms with Crippen LogP contribution < -0.4 is 16.0 Å². The van der Waals surface area contributed by atoms with Gasteiger partial charge in [0.05, 0.1) is 0 Å². The summed E-state index contributed by atoms with van der Waals surface area (Å²) >= 11 is 0. The molecule has 1 saturated heterocycles. The monoisotopic (exact) mass is 241 g/mol. The van der Waals surface area contributed by atoms with Crippen LogP contribution in [0.5, 0.6) is 0 Å². The Kier molecular flexibility index (Phi) is 5.42. The minimum Gasteiger partial charge on any atom is -0.317 e. The summed E-state index contributed by atoms with van der Waals surface area (Å²) in [6.45, 7) is 14.7. The molecule has 0 saturated carbocycles. The third-order valence-corrected chi connectivity index (χ3v) is 3.40. The van der Waals surface area contributed by atoms with E-state index in [-0.39, 0.29) is 11.1 Å². The molecule has 0 unspecified atom stereocenters. The van der Waals surface area contributed by atoms with Gasteiger partial charge in [-0.1, -0.05) is 6.92 Å². The van der Waals surface area contributed by atoms with Crippen molar-refractivity contribution in [3.8, 4) is 0 Å². The van der Waals surface area contributed by atoms with Gasteiger partial charge >= 0.3 is 0 Å². The van der Waals surface area contributed by atoms with Gasteiger partial charge in [-0.2, -0.15) is 0 Å². The summed E-state index contributed by atoms with van der Waals surface area (Å²) in [6, 6.07) is 0.655. The van der Waals surface area contributed by atoms with Crippen LogP contribution in [0.1, 0.15) is 53.9 Å². The summed E-state index contributed by atoms with van der Waals surface area (Å²) in [7, 11) is 0. The number of hydrogen-bond donors (Lipinski definition) is 3. The number of nitrogens with one attached hydrogen (secondary N) is 3. The summed E-state index contributed by atoms with van der Waals surface area (Å²) in [4.78, 5) is 0. The molecule has 1 rings (SSSR count). The molecule has 1 aliphatic heterocycles. The van der Waals surface area contributed by atoms with Crippen molar-refractivity contribution >= 4 is 0 Å². The number of rotatable bonds is 6. The molecule has 3 nitrogen and oxygen atoms in total. The van der Waals surface area contributed by atoms with Crippen LogP contribution in [0.2, 0.25) is 0 Å². The van der Waals surface area contributed by atoms with E-state index in [1.54, 1.807) is 0 Å². The Labute approximate surface area is 107 Å². The zero-order valence-corrected chi connectivity index (χ0v) is 12.3. The van der Waals surface area contributed by atoms with E-state index in [0.717, 1.165) is 19.6 Å². The fraction of sp³-hybridized carbons (Fsp3) is 1.00. The Hall–Kier alpha value is -0.120. The Morgan fingerprint density at radius 1 is 1.06 bits per heavy atom. The van der Waals surface area contributed by atoms with E-state index in [4.69, 9.17) is 0 Å². The van der Waals surface area contributed by atoms with Crippen LogP contribution in [0, 0.1) is 0 Å². The van der Waals surface area contributed by atoms with E-state index in [0.29, 0.717) is 6.04 Å². The second-order valence-corrected chi connectivity index (χ2v) is 6.66. The van der Waals surface area contributed by atoms with Crippen LogP contribution in [0.4, 0.5) is 0 Å². The highest BCUT2D eigenvalue weighted by Gasteiger charge is 2.37. The molecule has 0 spiro atoms. The van der Waals surface area contributed by atoms with Crippen LogP contribution in [0.25, 0.3) is 0 Å². The first kappa shape index (κ1) is 14.9. The van der Waals surface area contributed by atoms with Crippen LogP contribution >= 0.6 is 0 Å². The molecular formula is C14H31N3. The maximum atomic E-state index is 3.72. The van der Waals surface area contributed by atoms with Crippen molar-refractivity contribution in [1.29, 1.82) is 0 Å². The van der Waals surface area contributed by atoms with E-state index in [2.05, 4.69) is 50.6 Å². The molecular weight excluding hydrogens is 210 g/mol. The normalized spacial score (nSPS) is 23.8. The lowest BCUT2D eigenvalue weighted by Crippen LogP contribution is -2.61. The van der Waals surface area contributed by atoms with Crippen molar-refractivity contribution in [3.05, 3.63) is 0 Å². The summed E-state index contributed by atoms with van der Waals surface area (Å²) in [6.07, 6.45) is 3.66. The molecule has 0 aromatic carbocycles. The number of hydrogen-bond acceptors (Lipinski definition) is 3. The summed E-state index contributed by atoms with van der Waals surface area (Å²) in [5, 5.41) is 10.8. The van der Waals surface area contributed by atoms with E-state index in [9.17, 15) is 0 Å². The van der Waals surface area contributed by atoms with Crippen molar-refractivity contribution in [2.24, 2.45) is 0 Å².